The average Bonchev–Trinajstić information content (AvgIpc) is 3.33. The van der Waals surface area contributed by atoms with Crippen molar-refractivity contribution in [3.63, 3.8) is 0 Å². The van der Waals surface area contributed by atoms with Crippen molar-refractivity contribution < 1.29 is 14.6 Å². The van der Waals surface area contributed by atoms with Crippen molar-refractivity contribution >= 4 is 32.7 Å². The molecular formula is C22H31N3O3S2. The zero-order valence-corrected chi connectivity index (χ0v) is 18.9. The molecule has 4 aliphatic rings. The Morgan fingerprint density at radius 3 is 2.13 bits per heavy atom. The number of nitrogens with zero attached hydrogens (tertiary/aromatic N) is 3. The van der Waals surface area contributed by atoms with Crippen LogP contribution in [0, 0.1) is 0 Å². The molecule has 2 N–H and O–H groups in total. The van der Waals surface area contributed by atoms with E-state index >= 15 is 0 Å². The molecule has 0 radical (unpaired) electrons. The molecule has 2 unspecified atom stereocenters. The molecule has 1 aromatic rings. The molecule has 3 saturated carbocycles. The topological polar surface area (TPSA) is 67.2 Å². The first kappa shape index (κ1) is 21.0. The number of carbonyl (C=O) groups is 1. The molecule has 4 fully saturated rings. The number of carbonyl (C=O) groups excluding carboxylic acids is 1. The van der Waals surface area contributed by atoms with Gasteiger partial charge in [0.2, 0.25) is 5.91 Å². The second-order valence-electron chi connectivity index (χ2n) is 9.50. The summed E-state index contributed by atoms with van der Waals surface area (Å²) < 4.78 is 10.0. The number of amides is 1. The Bertz CT molecular complexity index is 807. The maximum atomic E-state index is 12.7. The zero-order chi connectivity index (χ0) is 20.9. The molecule has 1 aromatic carbocycles. The molecule has 30 heavy (non-hydrogen) atoms. The van der Waals surface area contributed by atoms with Gasteiger partial charge in [-0.1, -0.05) is 29.4 Å². The predicted octanol–water partition coefficient (Wildman–Crippen LogP) is 3.39. The highest BCUT2D eigenvalue weighted by molar-refractivity contribution is 8.24. The summed E-state index contributed by atoms with van der Waals surface area (Å²) in [6.45, 7) is 1.71. The Balaban J connectivity index is 1.28. The van der Waals surface area contributed by atoms with Gasteiger partial charge in [-0.15, -0.1) is 0 Å². The van der Waals surface area contributed by atoms with Crippen LogP contribution in [0.2, 0.25) is 0 Å². The third-order valence-corrected chi connectivity index (χ3v) is 8.85. The molecule has 1 heterocycles. The molecule has 8 heteroatoms. The Morgan fingerprint density at radius 1 is 1.07 bits per heavy atom. The molecule has 3 aliphatic carbocycles. The molecule has 1 aliphatic heterocycles. The minimum atomic E-state index is -1.74. The van der Waals surface area contributed by atoms with E-state index in [1.54, 1.807) is 4.90 Å². The summed E-state index contributed by atoms with van der Waals surface area (Å²) >= 11 is 4.69. The summed E-state index contributed by atoms with van der Waals surface area (Å²) in [6, 6.07) is 9.32. The van der Waals surface area contributed by atoms with E-state index in [0.717, 1.165) is 17.8 Å². The summed E-state index contributed by atoms with van der Waals surface area (Å²) in [5.41, 5.74) is 2.54. The van der Waals surface area contributed by atoms with Gasteiger partial charge in [0, 0.05) is 36.3 Å². The minimum Gasteiger partial charge on any atom is -0.314 e. The lowest BCUT2D eigenvalue weighted by atomic mass is 9.82. The number of hydrogen-bond acceptors (Lipinski definition) is 4. The van der Waals surface area contributed by atoms with Crippen molar-refractivity contribution in [1.82, 2.24) is 9.37 Å². The highest BCUT2D eigenvalue weighted by Gasteiger charge is 2.48. The fraction of sp³-hybridized carbons (Fsp3) is 0.682. The smallest absolute Gasteiger partial charge is 0.247 e. The van der Waals surface area contributed by atoms with E-state index in [2.05, 4.69) is 17.0 Å². The van der Waals surface area contributed by atoms with Crippen LogP contribution in [0.3, 0.4) is 0 Å². The third kappa shape index (κ3) is 3.76. The van der Waals surface area contributed by atoms with E-state index in [9.17, 15) is 14.6 Å². The molecular weight excluding hydrogens is 418 g/mol. The standard InChI is InChI=1S/C22H31N3O3S2/c26-21-20(25(27)30(28)29)11-14-23(21)19-9-7-16(8-10-19)22(12-13-22)15-24(17-3-1-4-17)18-5-2-6-18/h7-10,17-18,20,27H,1-6,11-15H2,(H,28,29). The van der Waals surface area contributed by atoms with Gasteiger partial charge < -0.3 is 14.7 Å². The molecule has 164 valence electrons. The van der Waals surface area contributed by atoms with Crippen LogP contribution < -0.4 is 4.90 Å². The van der Waals surface area contributed by atoms with Crippen LogP contribution in [-0.2, 0) is 31.3 Å². The van der Waals surface area contributed by atoms with Crippen molar-refractivity contribution in [2.24, 2.45) is 0 Å². The highest BCUT2D eigenvalue weighted by Crippen LogP contribution is 2.51. The minimum absolute atomic E-state index is 0.205. The van der Waals surface area contributed by atoms with Crippen LogP contribution in [0.25, 0.3) is 0 Å². The van der Waals surface area contributed by atoms with Crippen molar-refractivity contribution in [3.8, 4) is 0 Å². The van der Waals surface area contributed by atoms with Gasteiger partial charge in [-0.25, -0.2) is 0 Å². The number of rotatable bonds is 8. The molecule has 0 spiro atoms. The quantitative estimate of drug-likeness (QED) is 0.593. The SMILES string of the molecule is O=C1C(N(O)S(O)=S)CCN1c1ccc(C2(CN(C3CCC3)C3CCC3)CC2)cc1. The van der Waals surface area contributed by atoms with E-state index in [1.165, 1.54) is 63.5 Å². The Labute approximate surface area is 185 Å². The summed E-state index contributed by atoms with van der Waals surface area (Å²) in [7, 11) is -1.74. The summed E-state index contributed by atoms with van der Waals surface area (Å²) in [4.78, 5) is 17.2. The second kappa shape index (κ2) is 8.22. The summed E-state index contributed by atoms with van der Waals surface area (Å²) in [5, 5.41) is 9.88. The summed E-state index contributed by atoms with van der Waals surface area (Å²) in [5.74, 6) is -0.205. The van der Waals surface area contributed by atoms with Gasteiger partial charge in [-0.3, -0.25) is 9.69 Å². The molecule has 1 saturated heterocycles. The number of hydroxylamine groups is 1. The monoisotopic (exact) mass is 449 g/mol. The largest absolute Gasteiger partial charge is 0.314 e. The first-order valence-corrected chi connectivity index (χ1v) is 13.3. The van der Waals surface area contributed by atoms with Gasteiger partial charge in [-0.05, 0) is 73.8 Å². The van der Waals surface area contributed by atoms with Crippen molar-refractivity contribution in [3.05, 3.63) is 29.8 Å². The van der Waals surface area contributed by atoms with Crippen LogP contribution in [0.5, 0.6) is 0 Å². The van der Waals surface area contributed by atoms with Gasteiger partial charge >= 0.3 is 0 Å². The van der Waals surface area contributed by atoms with E-state index in [0.29, 0.717) is 17.4 Å². The van der Waals surface area contributed by atoms with Crippen LogP contribution in [-0.4, -0.2) is 56.3 Å². The first-order chi connectivity index (χ1) is 14.5. The van der Waals surface area contributed by atoms with Crippen LogP contribution in [0.4, 0.5) is 5.69 Å². The molecule has 2 atom stereocenters. The lowest BCUT2D eigenvalue weighted by Crippen LogP contribution is -2.52. The molecule has 5 rings (SSSR count). The van der Waals surface area contributed by atoms with Crippen LogP contribution in [0.15, 0.2) is 24.3 Å². The van der Waals surface area contributed by atoms with E-state index in [1.807, 2.05) is 12.1 Å². The molecule has 6 nitrogen and oxygen atoms in total. The predicted molar refractivity (Wildman–Crippen MR) is 121 cm³/mol. The van der Waals surface area contributed by atoms with Crippen molar-refractivity contribution in [1.29, 1.82) is 0 Å². The van der Waals surface area contributed by atoms with E-state index in [-0.39, 0.29) is 11.3 Å². The number of benzene rings is 1. The van der Waals surface area contributed by atoms with Crippen molar-refractivity contribution in [2.75, 3.05) is 18.0 Å². The van der Waals surface area contributed by atoms with Gasteiger partial charge in [0.05, 0.1) is 0 Å². The summed E-state index contributed by atoms with van der Waals surface area (Å²) in [6.07, 6.45) is 11.2. The Hall–Kier alpha value is -0.900. The Kier molecular flexibility index (Phi) is 5.75. The highest BCUT2D eigenvalue weighted by atomic mass is 32.8. The lowest BCUT2D eigenvalue weighted by molar-refractivity contribution is -0.128. The fourth-order valence-electron chi connectivity index (χ4n) is 5.26. The number of anilines is 1. The van der Waals surface area contributed by atoms with Crippen LogP contribution >= 0.6 is 0 Å². The van der Waals surface area contributed by atoms with Crippen molar-refractivity contribution in [2.45, 2.75) is 81.3 Å². The maximum absolute atomic E-state index is 12.7. The Morgan fingerprint density at radius 2 is 1.67 bits per heavy atom. The van der Waals surface area contributed by atoms with Gasteiger partial charge in [0.1, 0.15) is 16.0 Å². The first-order valence-electron chi connectivity index (χ1n) is 11.3. The zero-order valence-electron chi connectivity index (χ0n) is 17.3. The third-order valence-electron chi connectivity index (χ3n) is 7.82. The molecule has 0 aromatic heterocycles. The second-order valence-corrected chi connectivity index (χ2v) is 11.2. The van der Waals surface area contributed by atoms with Crippen LogP contribution in [0.1, 0.15) is 63.4 Å². The average molecular weight is 450 g/mol. The van der Waals surface area contributed by atoms with E-state index in [4.69, 9.17) is 11.2 Å². The fourth-order valence-corrected chi connectivity index (χ4v) is 5.99. The van der Waals surface area contributed by atoms with E-state index < -0.39 is 16.0 Å². The van der Waals surface area contributed by atoms with Gasteiger partial charge in [-0.2, -0.15) is 0 Å². The normalized spacial score (nSPS) is 27.4. The van der Waals surface area contributed by atoms with Gasteiger partial charge in [0.25, 0.3) is 0 Å². The molecule has 0 bridgehead atoms. The van der Waals surface area contributed by atoms with Gasteiger partial charge in [0.15, 0.2) is 0 Å². The maximum Gasteiger partial charge on any atom is 0.247 e. The number of hydrogen-bond donors (Lipinski definition) is 2. The molecule has 1 amide bonds. The lowest BCUT2D eigenvalue weighted by Gasteiger charge is -2.47.